The minimum absolute atomic E-state index is 0.0711. The minimum atomic E-state index is -1.29. The third-order valence-electron chi connectivity index (χ3n) is 4.95. The van der Waals surface area contributed by atoms with E-state index in [2.05, 4.69) is 15.9 Å². The zero-order valence-corrected chi connectivity index (χ0v) is 17.1. The third-order valence-corrected chi connectivity index (χ3v) is 4.95. The fourth-order valence-corrected chi connectivity index (χ4v) is 3.47. The lowest BCUT2D eigenvalue weighted by Gasteiger charge is -2.42. The first kappa shape index (κ1) is 22.7. The first-order valence-corrected chi connectivity index (χ1v) is 9.84. The fraction of sp³-hybridized carbons (Fsp3) is 0.500. The molecule has 2 aliphatic rings. The Balaban J connectivity index is 1.80. The molecule has 0 aliphatic carbocycles. The van der Waals surface area contributed by atoms with Gasteiger partial charge in [-0.2, -0.15) is 0 Å². The van der Waals surface area contributed by atoms with E-state index in [0.717, 1.165) is 15.0 Å². The number of carbonyl (C=O) groups is 6. The standard InChI is InChI=1S/C18H22N6O8/c1-10-7-12(21-32-10)16(29)20-22-6-4-14(26)23-5-2-3-13(24(23)18(22)31)17(30)19-11(9-25)8-15(27)28/h7,9,11,13H,2-6,8H2,1H3,(H,19,30)(H,20,29)(H,27,28)/t11-,13-/m0/s1. The molecule has 172 valence electrons. The SMILES string of the molecule is Cc1cc(C(=O)NN2CCC(=O)N3CCC[C@@H](C(=O)N[C@H](C=O)CC(=O)O)N3C2=O)no1. The van der Waals surface area contributed by atoms with Gasteiger partial charge in [0.15, 0.2) is 5.69 Å². The second kappa shape index (κ2) is 9.45. The number of nitrogens with one attached hydrogen (secondary N) is 2. The topological polar surface area (TPSA) is 182 Å². The smallest absolute Gasteiger partial charge is 0.358 e. The van der Waals surface area contributed by atoms with Crippen molar-refractivity contribution < 1.29 is 38.4 Å². The van der Waals surface area contributed by atoms with Crippen molar-refractivity contribution >= 4 is 36.0 Å². The molecule has 3 heterocycles. The normalized spacial score (nSPS) is 19.7. The molecule has 0 radical (unpaired) electrons. The first-order chi connectivity index (χ1) is 15.2. The number of hydrogen-bond donors (Lipinski definition) is 3. The second-order valence-electron chi connectivity index (χ2n) is 7.32. The molecule has 3 rings (SSSR count). The lowest BCUT2D eigenvalue weighted by molar-refractivity contribution is -0.155. The largest absolute Gasteiger partial charge is 0.481 e. The van der Waals surface area contributed by atoms with Gasteiger partial charge in [-0.25, -0.2) is 19.8 Å². The van der Waals surface area contributed by atoms with Crippen molar-refractivity contribution in [2.45, 2.75) is 44.7 Å². The van der Waals surface area contributed by atoms with Crippen molar-refractivity contribution in [1.82, 2.24) is 30.9 Å². The van der Waals surface area contributed by atoms with Crippen LogP contribution in [0.1, 0.15) is 41.9 Å². The molecule has 32 heavy (non-hydrogen) atoms. The van der Waals surface area contributed by atoms with E-state index in [1.54, 1.807) is 6.92 Å². The molecule has 14 heteroatoms. The molecular formula is C18H22N6O8. The summed E-state index contributed by atoms with van der Waals surface area (Å²) in [6.07, 6.45) is 0.129. The summed E-state index contributed by atoms with van der Waals surface area (Å²) in [5.41, 5.74) is 2.29. The third kappa shape index (κ3) is 4.84. The van der Waals surface area contributed by atoms with Gasteiger partial charge in [-0.05, 0) is 19.8 Å². The number of carboxylic acids is 1. The van der Waals surface area contributed by atoms with E-state index < -0.39 is 48.2 Å². The van der Waals surface area contributed by atoms with Crippen LogP contribution in [0.3, 0.4) is 0 Å². The van der Waals surface area contributed by atoms with E-state index in [1.807, 2.05) is 0 Å². The maximum atomic E-state index is 13.2. The summed E-state index contributed by atoms with van der Waals surface area (Å²) in [5, 5.41) is 17.7. The molecule has 0 aromatic carbocycles. The van der Waals surface area contributed by atoms with Gasteiger partial charge in [-0.3, -0.25) is 24.6 Å². The average molecular weight is 450 g/mol. The van der Waals surface area contributed by atoms with E-state index in [4.69, 9.17) is 9.63 Å². The highest BCUT2D eigenvalue weighted by atomic mass is 16.5. The monoisotopic (exact) mass is 450 g/mol. The van der Waals surface area contributed by atoms with E-state index in [0.29, 0.717) is 12.2 Å². The lowest BCUT2D eigenvalue weighted by atomic mass is 10.1. The fourth-order valence-electron chi connectivity index (χ4n) is 3.47. The first-order valence-electron chi connectivity index (χ1n) is 9.84. The predicted molar refractivity (Wildman–Crippen MR) is 102 cm³/mol. The van der Waals surface area contributed by atoms with E-state index in [9.17, 15) is 28.8 Å². The summed E-state index contributed by atoms with van der Waals surface area (Å²) < 4.78 is 4.84. The number of aromatic nitrogens is 1. The number of urea groups is 1. The number of nitrogens with zero attached hydrogens (tertiary/aromatic N) is 4. The highest BCUT2D eigenvalue weighted by Crippen LogP contribution is 2.24. The summed E-state index contributed by atoms with van der Waals surface area (Å²) in [6.45, 7) is 1.63. The summed E-state index contributed by atoms with van der Waals surface area (Å²) in [6, 6.07) is -1.93. The van der Waals surface area contributed by atoms with Crippen LogP contribution in [0.2, 0.25) is 0 Å². The van der Waals surface area contributed by atoms with Crippen molar-refractivity contribution in [2.24, 2.45) is 0 Å². The molecule has 3 N–H and O–H groups in total. The molecule has 5 amide bonds. The molecule has 0 unspecified atom stereocenters. The Bertz CT molecular complexity index is 946. The van der Waals surface area contributed by atoms with Crippen molar-refractivity contribution in [3.05, 3.63) is 17.5 Å². The number of aldehydes is 1. The number of aryl methyl sites for hydroxylation is 1. The van der Waals surface area contributed by atoms with Crippen LogP contribution >= 0.6 is 0 Å². The van der Waals surface area contributed by atoms with Crippen molar-refractivity contribution in [3.8, 4) is 0 Å². The predicted octanol–water partition coefficient (Wildman–Crippen LogP) is -1.18. The molecule has 2 fully saturated rings. The number of amides is 5. The van der Waals surface area contributed by atoms with Crippen LogP contribution < -0.4 is 10.7 Å². The molecule has 0 spiro atoms. The van der Waals surface area contributed by atoms with Crippen LogP contribution in [-0.2, 0) is 19.2 Å². The summed E-state index contributed by atoms with van der Waals surface area (Å²) in [5.74, 6) is -2.85. The van der Waals surface area contributed by atoms with Crippen LogP contribution in [0.4, 0.5) is 4.79 Å². The molecule has 0 bridgehead atoms. The summed E-state index contributed by atoms with van der Waals surface area (Å²) >= 11 is 0. The number of rotatable bonds is 7. The number of fused-ring (bicyclic) bond motifs is 1. The Morgan fingerprint density at radius 1 is 1.34 bits per heavy atom. The molecule has 1 aromatic rings. The quantitative estimate of drug-likeness (QED) is 0.430. The van der Waals surface area contributed by atoms with Crippen LogP contribution in [0.5, 0.6) is 0 Å². The van der Waals surface area contributed by atoms with Gasteiger partial charge in [0, 0.05) is 19.0 Å². The van der Waals surface area contributed by atoms with Crippen LogP contribution in [0.15, 0.2) is 10.6 Å². The van der Waals surface area contributed by atoms with Crippen LogP contribution in [-0.4, -0.2) is 86.5 Å². The van der Waals surface area contributed by atoms with Crippen molar-refractivity contribution in [1.29, 1.82) is 0 Å². The average Bonchev–Trinajstić information content (AvgIpc) is 3.16. The van der Waals surface area contributed by atoms with Gasteiger partial charge >= 0.3 is 12.0 Å². The zero-order valence-electron chi connectivity index (χ0n) is 17.1. The Morgan fingerprint density at radius 3 is 2.72 bits per heavy atom. The molecule has 14 nitrogen and oxygen atoms in total. The zero-order chi connectivity index (χ0) is 23.4. The summed E-state index contributed by atoms with van der Waals surface area (Å²) in [7, 11) is 0. The van der Waals surface area contributed by atoms with Gasteiger partial charge in [0.2, 0.25) is 11.8 Å². The molecule has 2 saturated heterocycles. The van der Waals surface area contributed by atoms with Gasteiger partial charge < -0.3 is 19.7 Å². The second-order valence-corrected chi connectivity index (χ2v) is 7.32. The van der Waals surface area contributed by atoms with Crippen LogP contribution in [0, 0.1) is 6.92 Å². The van der Waals surface area contributed by atoms with E-state index in [1.165, 1.54) is 6.07 Å². The Kier molecular flexibility index (Phi) is 6.70. The van der Waals surface area contributed by atoms with Crippen molar-refractivity contribution in [3.63, 3.8) is 0 Å². The van der Waals surface area contributed by atoms with Gasteiger partial charge in [-0.15, -0.1) is 0 Å². The highest BCUT2D eigenvalue weighted by Gasteiger charge is 2.44. The Hall–Kier alpha value is -3.97. The highest BCUT2D eigenvalue weighted by molar-refractivity contribution is 5.95. The molecule has 1 aromatic heterocycles. The van der Waals surface area contributed by atoms with Gasteiger partial charge in [-0.1, -0.05) is 5.16 Å². The summed E-state index contributed by atoms with van der Waals surface area (Å²) in [4.78, 5) is 73.0. The molecule has 0 saturated carbocycles. The number of carboxylic acid groups (broad SMARTS) is 1. The molecule has 2 atom stereocenters. The Labute approximate surface area is 181 Å². The van der Waals surface area contributed by atoms with Crippen LogP contribution in [0.25, 0.3) is 0 Å². The van der Waals surface area contributed by atoms with Gasteiger partial charge in [0.25, 0.3) is 5.91 Å². The maximum absolute atomic E-state index is 13.2. The number of hydrogen-bond acceptors (Lipinski definition) is 8. The molecule has 2 aliphatic heterocycles. The minimum Gasteiger partial charge on any atom is -0.481 e. The van der Waals surface area contributed by atoms with Gasteiger partial charge in [0.05, 0.1) is 19.0 Å². The number of hydrazine groups is 2. The maximum Gasteiger partial charge on any atom is 0.358 e. The van der Waals surface area contributed by atoms with E-state index in [-0.39, 0.29) is 37.9 Å². The van der Waals surface area contributed by atoms with Gasteiger partial charge in [0.1, 0.15) is 18.1 Å². The van der Waals surface area contributed by atoms with E-state index >= 15 is 0 Å². The molecular weight excluding hydrogens is 428 g/mol. The number of carbonyl (C=O) groups excluding carboxylic acids is 5. The number of aliphatic carboxylic acids is 1. The van der Waals surface area contributed by atoms with Crippen molar-refractivity contribution in [2.75, 3.05) is 13.1 Å². The Morgan fingerprint density at radius 2 is 2.09 bits per heavy atom. The lowest BCUT2D eigenvalue weighted by Crippen LogP contribution is -2.64.